The van der Waals surface area contributed by atoms with Crippen molar-refractivity contribution in [3.63, 3.8) is 0 Å². The van der Waals surface area contributed by atoms with E-state index >= 15 is 0 Å². The molecule has 0 atom stereocenters. The van der Waals surface area contributed by atoms with E-state index in [1.54, 1.807) is 6.07 Å². The topological polar surface area (TPSA) is 90.7 Å². The molecule has 4 N–H and O–H groups in total. The molecule has 2 aromatic rings. The van der Waals surface area contributed by atoms with E-state index in [0.717, 1.165) is 23.9 Å². The molecule has 5 nitrogen and oxygen atoms in total. The summed E-state index contributed by atoms with van der Waals surface area (Å²) in [5.74, 6) is 0.532. The third kappa shape index (κ3) is 3.73. The first-order valence-electron chi connectivity index (χ1n) is 5.40. The summed E-state index contributed by atoms with van der Waals surface area (Å²) in [4.78, 5) is 11.8. The van der Waals surface area contributed by atoms with E-state index in [4.69, 9.17) is 11.5 Å². The fourth-order valence-corrected chi connectivity index (χ4v) is 2.24. The van der Waals surface area contributed by atoms with Crippen LogP contribution in [0.25, 0.3) is 0 Å². The number of nitrogens with two attached hydrogens (primary N) is 2. The zero-order chi connectivity index (χ0) is 14.8. The van der Waals surface area contributed by atoms with Crippen LogP contribution >= 0.6 is 11.8 Å². The number of hydrogen-bond donors (Lipinski definition) is 2. The average molecular weight is 301 g/mol. The summed E-state index contributed by atoms with van der Waals surface area (Å²) in [6.45, 7) is 0. The van der Waals surface area contributed by atoms with Gasteiger partial charge in [-0.25, -0.2) is 0 Å². The molecule has 9 heteroatoms. The van der Waals surface area contributed by atoms with Gasteiger partial charge in [0.15, 0.2) is 0 Å². The zero-order valence-corrected chi connectivity index (χ0v) is 10.9. The molecule has 1 aromatic heterocycles. The van der Waals surface area contributed by atoms with E-state index < -0.39 is 11.7 Å². The maximum Gasteiger partial charge on any atom is 0.416 e. The number of halogens is 3. The highest BCUT2D eigenvalue weighted by Crippen LogP contribution is 2.32. The number of nitrogen functional groups attached to an aromatic ring is 2. The SMILES string of the molecule is Nc1nc(N)nc(CSc2cccc(C(F)(F)F)c2)n1. The molecule has 0 aliphatic carbocycles. The predicted molar refractivity (Wildman–Crippen MR) is 69.7 cm³/mol. The summed E-state index contributed by atoms with van der Waals surface area (Å²) >= 11 is 1.16. The Labute approximate surface area is 116 Å². The molecule has 2 rings (SSSR count). The van der Waals surface area contributed by atoms with Crippen LogP contribution in [0.15, 0.2) is 29.2 Å². The number of anilines is 2. The Kier molecular flexibility index (Phi) is 3.98. The van der Waals surface area contributed by atoms with Crippen LogP contribution in [0.1, 0.15) is 11.4 Å². The highest BCUT2D eigenvalue weighted by molar-refractivity contribution is 7.98. The summed E-state index contributed by atoms with van der Waals surface area (Å²) in [5, 5.41) is 0. The van der Waals surface area contributed by atoms with Gasteiger partial charge in [-0.2, -0.15) is 28.1 Å². The Balaban J connectivity index is 2.11. The van der Waals surface area contributed by atoms with Crippen molar-refractivity contribution in [2.45, 2.75) is 16.8 Å². The van der Waals surface area contributed by atoms with Gasteiger partial charge >= 0.3 is 6.18 Å². The van der Waals surface area contributed by atoms with Crippen LogP contribution < -0.4 is 11.5 Å². The second-order valence-electron chi connectivity index (χ2n) is 3.78. The lowest BCUT2D eigenvalue weighted by molar-refractivity contribution is -0.137. The van der Waals surface area contributed by atoms with Crippen LogP contribution in [0.4, 0.5) is 25.1 Å². The van der Waals surface area contributed by atoms with Crippen molar-refractivity contribution in [3.05, 3.63) is 35.7 Å². The van der Waals surface area contributed by atoms with Crippen molar-refractivity contribution >= 4 is 23.7 Å². The molecule has 1 heterocycles. The predicted octanol–water partition coefficient (Wildman–Crippen LogP) is 2.35. The summed E-state index contributed by atoms with van der Waals surface area (Å²) in [7, 11) is 0. The summed E-state index contributed by atoms with van der Waals surface area (Å²) in [6.07, 6.45) is -4.36. The molecular formula is C11H10F3N5S. The maximum atomic E-state index is 12.6. The second kappa shape index (κ2) is 5.53. The molecule has 106 valence electrons. The molecule has 0 unspecified atom stereocenters. The first-order valence-corrected chi connectivity index (χ1v) is 6.39. The number of benzene rings is 1. The van der Waals surface area contributed by atoms with Crippen molar-refractivity contribution in [2.75, 3.05) is 11.5 Å². The van der Waals surface area contributed by atoms with Gasteiger partial charge < -0.3 is 11.5 Å². The Bertz CT molecular complexity index is 597. The van der Waals surface area contributed by atoms with Gasteiger partial charge in [-0.3, -0.25) is 0 Å². The summed E-state index contributed by atoms with van der Waals surface area (Å²) in [6, 6.07) is 5.01. The number of hydrogen-bond acceptors (Lipinski definition) is 6. The molecule has 0 bridgehead atoms. The first kappa shape index (κ1) is 14.4. The fraction of sp³-hybridized carbons (Fsp3) is 0.182. The number of rotatable bonds is 3. The molecule has 0 saturated heterocycles. The molecule has 0 radical (unpaired) electrons. The van der Waals surface area contributed by atoms with Crippen LogP contribution in [-0.4, -0.2) is 15.0 Å². The van der Waals surface area contributed by atoms with Gasteiger partial charge in [0.2, 0.25) is 11.9 Å². The number of alkyl halides is 3. The lowest BCUT2D eigenvalue weighted by Crippen LogP contribution is -2.06. The number of nitrogens with zero attached hydrogens (tertiary/aromatic N) is 3. The van der Waals surface area contributed by atoms with E-state index in [1.807, 2.05) is 0 Å². The highest BCUT2D eigenvalue weighted by atomic mass is 32.2. The molecule has 1 aromatic carbocycles. The van der Waals surface area contributed by atoms with Gasteiger partial charge in [-0.15, -0.1) is 11.8 Å². The Hall–Kier alpha value is -2.03. The number of thioether (sulfide) groups is 1. The first-order chi connectivity index (χ1) is 9.34. The van der Waals surface area contributed by atoms with E-state index in [2.05, 4.69) is 15.0 Å². The molecule has 0 amide bonds. The van der Waals surface area contributed by atoms with Crippen LogP contribution in [-0.2, 0) is 11.9 Å². The summed E-state index contributed by atoms with van der Waals surface area (Å²) < 4.78 is 37.7. The van der Waals surface area contributed by atoms with E-state index in [9.17, 15) is 13.2 Å². The minimum absolute atomic E-state index is 0.0165. The van der Waals surface area contributed by atoms with E-state index in [1.165, 1.54) is 6.07 Å². The summed E-state index contributed by atoms with van der Waals surface area (Å²) in [5.41, 5.74) is 10.1. The molecule has 20 heavy (non-hydrogen) atoms. The van der Waals surface area contributed by atoms with E-state index in [0.29, 0.717) is 10.7 Å². The molecule has 0 fully saturated rings. The largest absolute Gasteiger partial charge is 0.416 e. The van der Waals surface area contributed by atoms with Crippen LogP contribution in [0.5, 0.6) is 0 Å². The third-order valence-electron chi connectivity index (χ3n) is 2.25. The Morgan fingerprint density at radius 3 is 2.30 bits per heavy atom. The van der Waals surface area contributed by atoms with Crippen molar-refractivity contribution in [1.29, 1.82) is 0 Å². The smallest absolute Gasteiger partial charge is 0.368 e. The average Bonchev–Trinajstić information content (AvgIpc) is 2.35. The van der Waals surface area contributed by atoms with Crippen LogP contribution in [0, 0.1) is 0 Å². The van der Waals surface area contributed by atoms with Crippen molar-refractivity contribution < 1.29 is 13.2 Å². The lowest BCUT2D eigenvalue weighted by Gasteiger charge is -2.08. The maximum absolute atomic E-state index is 12.6. The van der Waals surface area contributed by atoms with Gasteiger partial charge in [-0.1, -0.05) is 6.07 Å². The quantitative estimate of drug-likeness (QED) is 0.846. The number of aromatic nitrogens is 3. The van der Waals surface area contributed by atoms with Crippen LogP contribution in [0.2, 0.25) is 0 Å². The lowest BCUT2D eigenvalue weighted by atomic mass is 10.2. The van der Waals surface area contributed by atoms with Crippen LogP contribution in [0.3, 0.4) is 0 Å². The molecule has 0 saturated carbocycles. The minimum Gasteiger partial charge on any atom is -0.368 e. The van der Waals surface area contributed by atoms with Gasteiger partial charge in [0.25, 0.3) is 0 Å². The van der Waals surface area contributed by atoms with Crippen molar-refractivity contribution in [2.24, 2.45) is 0 Å². The van der Waals surface area contributed by atoms with Crippen molar-refractivity contribution in [3.8, 4) is 0 Å². The van der Waals surface area contributed by atoms with Gasteiger partial charge in [0.1, 0.15) is 5.82 Å². The molecule has 0 spiro atoms. The standard InChI is InChI=1S/C11H10F3N5S/c12-11(13,14)6-2-1-3-7(4-6)20-5-8-17-9(15)19-10(16)18-8/h1-4H,5H2,(H4,15,16,17,18,19). The van der Waals surface area contributed by atoms with Gasteiger partial charge in [-0.05, 0) is 18.2 Å². The normalized spacial score (nSPS) is 11.6. The minimum atomic E-state index is -4.36. The zero-order valence-electron chi connectivity index (χ0n) is 10.1. The van der Waals surface area contributed by atoms with Gasteiger partial charge in [0.05, 0.1) is 11.3 Å². The molecule has 0 aliphatic heterocycles. The second-order valence-corrected chi connectivity index (χ2v) is 4.83. The third-order valence-corrected chi connectivity index (χ3v) is 3.24. The van der Waals surface area contributed by atoms with Gasteiger partial charge in [0, 0.05) is 4.90 Å². The van der Waals surface area contributed by atoms with E-state index in [-0.39, 0.29) is 17.6 Å². The monoisotopic (exact) mass is 301 g/mol. The van der Waals surface area contributed by atoms with Crippen molar-refractivity contribution in [1.82, 2.24) is 15.0 Å². The Morgan fingerprint density at radius 1 is 1.05 bits per heavy atom. The molecular weight excluding hydrogens is 291 g/mol. The highest BCUT2D eigenvalue weighted by Gasteiger charge is 2.30. The fourth-order valence-electron chi connectivity index (χ4n) is 1.43. The Morgan fingerprint density at radius 2 is 1.70 bits per heavy atom. The molecule has 0 aliphatic rings.